The van der Waals surface area contributed by atoms with Gasteiger partial charge in [0.2, 0.25) is 0 Å². The molecule has 3 nitrogen and oxygen atoms in total. The molecular weight excluding hydrogens is 255 g/mol. The molecule has 2 rings (SSSR count). The van der Waals surface area contributed by atoms with Crippen molar-refractivity contribution in [3.8, 4) is 0 Å². The van der Waals surface area contributed by atoms with Crippen LogP contribution < -0.4 is 4.72 Å². The Morgan fingerprint density at radius 2 is 2.24 bits per heavy atom. The standard InChI is InChI=1S/C10H12F3NO2S/c11-10(12,13)4-5-1-2-7-6(3-5)8(9(15)16)14-17-7/h5,8,14H,1-4H2,(H,15,16). The second-order valence-electron chi connectivity index (χ2n) is 4.37. The summed E-state index contributed by atoms with van der Waals surface area (Å²) < 4.78 is 39.6. The molecule has 7 heteroatoms. The first-order valence-electron chi connectivity index (χ1n) is 5.30. The van der Waals surface area contributed by atoms with E-state index in [0.29, 0.717) is 18.4 Å². The SMILES string of the molecule is O=C(O)C1NSC2=C1CC(CC(F)(F)F)CC2. The Bertz CT molecular complexity index is 367. The first-order valence-corrected chi connectivity index (χ1v) is 6.12. The molecule has 0 spiro atoms. The summed E-state index contributed by atoms with van der Waals surface area (Å²) in [5.41, 5.74) is 0.642. The zero-order valence-corrected chi connectivity index (χ0v) is 9.70. The van der Waals surface area contributed by atoms with Crippen LogP contribution in [-0.4, -0.2) is 23.3 Å². The van der Waals surface area contributed by atoms with Crippen LogP contribution in [0.25, 0.3) is 0 Å². The van der Waals surface area contributed by atoms with Crippen molar-refractivity contribution in [2.45, 2.75) is 37.9 Å². The van der Waals surface area contributed by atoms with Gasteiger partial charge in [0, 0.05) is 11.3 Å². The lowest BCUT2D eigenvalue weighted by Crippen LogP contribution is -2.32. The monoisotopic (exact) mass is 267 g/mol. The highest BCUT2D eigenvalue weighted by atomic mass is 32.2. The van der Waals surface area contributed by atoms with Crippen LogP contribution in [0.5, 0.6) is 0 Å². The largest absolute Gasteiger partial charge is 0.480 e. The van der Waals surface area contributed by atoms with E-state index >= 15 is 0 Å². The Kier molecular flexibility index (Phi) is 3.40. The predicted octanol–water partition coefficient (Wildman–Crippen LogP) is 2.70. The Balaban J connectivity index is 2.06. The summed E-state index contributed by atoms with van der Waals surface area (Å²) in [4.78, 5) is 11.8. The lowest BCUT2D eigenvalue weighted by atomic mass is 9.83. The molecule has 0 bridgehead atoms. The van der Waals surface area contributed by atoms with Gasteiger partial charge in [0.1, 0.15) is 6.04 Å². The van der Waals surface area contributed by atoms with Crippen molar-refractivity contribution in [2.75, 3.05) is 0 Å². The summed E-state index contributed by atoms with van der Waals surface area (Å²) in [5, 5.41) is 8.94. The number of alkyl halides is 3. The highest BCUT2D eigenvalue weighted by Crippen LogP contribution is 2.44. The van der Waals surface area contributed by atoms with Gasteiger partial charge in [-0.15, -0.1) is 0 Å². The van der Waals surface area contributed by atoms with Gasteiger partial charge in [0.05, 0.1) is 0 Å². The smallest absolute Gasteiger partial charge is 0.389 e. The summed E-state index contributed by atoms with van der Waals surface area (Å²) in [5.74, 6) is -1.49. The Labute approximate surface area is 101 Å². The van der Waals surface area contributed by atoms with Crippen molar-refractivity contribution in [3.63, 3.8) is 0 Å². The molecule has 0 aromatic rings. The topological polar surface area (TPSA) is 49.3 Å². The van der Waals surface area contributed by atoms with Crippen molar-refractivity contribution >= 4 is 17.9 Å². The molecule has 0 saturated heterocycles. The average molecular weight is 267 g/mol. The summed E-state index contributed by atoms with van der Waals surface area (Å²) in [7, 11) is 0. The lowest BCUT2D eigenvalue weighted by Gasteiger charge is -2.25. The van der Waals surface area contributed by atoms with Crippen LogP contribution in [0.3, 0.4) is 0 Å². The Morgan fingerprint density at radius 3 is 2.82 bits per heavy atom. The van der Waals surface area contributed by atoms with Gasteiger partial charge in [-0.05, 0) is 42.7 Å². The van der Waals surface area contributed by atoms with Crippen molar-refractivity contribution in [1.82, 2.24) is 4.72 Å². The van der Waals surface area contributed by atoms with E-state index in [1.807, 2.05) is 0 Å². The first kappa shape index (κ1) is 12.8. The summed E-state index contributed by atoms with van der Waals surface area (Å²) in [6.07, 6.45) is -3.70. The molecular formula is C10H12F3NO2S. The number of rotatable bonds is 2. The third-order valence-electron chi connectivity index (χ3n) is 3.06. The molecule has 0 amide bonds. The van der Waals surface area contributed by atoms with Crippen LogP contribution >= 0.6 is 11.9 Å². The molecule has 1 aliphatic carbocycles. The maximum absolute atomic E-state index is 12.3. The van der Waals surface area contributed by atoms with Crippen molar-refractivity contribution in [3.05, 3.63) is 10.5 Å². The summed E-state index contributed by atoms with van der Waals surface area (Å²) in [6, 6.07) is -0.814. The van der Waals surface area contributed by atoms with E-state index in [9.17, 15) is 18.0 Å². The zero-order chi connectivity index (χ0) is 12.6. The molecule has 0 saturated carbocycles. The third kappa shape index (κ3) is 2.95. The highest BCUT2D eigenvalue weighted by Gasteiger charge is 2.39. The van der Waals surface area contributed by atoms with E-state index in [1.54, 1.807) is 0 Å². The zero-order valence-electron chi connectivity index (χ0n) is 8.88. The number of carboxylic acids is 1. The van der Waals surface area contributed by atoms with E-state index in [4.69, 9.17) is 5.11 Å². The van der Waals surface area contributed by atoms with Crippen molar-refractivity contribution < 1.29 is 23.1 Å². The second-order valence-corrected chi connectivity index (χ2v) is 5.30. The number of halogens is 3. The number of nitrogens with one attached hydrogen (secondary N) is 1. The van der Waals surface area contributed by atoms with Crippen LogP contribution in [0.2, 0.25) is 0 Å². The number of aliphatic carboxylic acids is 1. The van der Waals surface area contributed by atoms with Gasteiger partial charge < -0.3 is 5.11 Å². The van der Waals surface area contributed by atoms with Gasteiger partial charge in [0.25, 0.3) is 0 Å². The normalized spacial score (nSPS) is 29.4. The fourth-order valence-electron chi connectivity index (χ4n) is 2.32. The van der Waals surface area contributed by atoms with E-state index in [1.165, 1.54) is 11.9 Å². The summed E-state index contributed by atoms with van der Waals surface area (Å²) >= 11 is 1.25. The Morgan fingerprint density at radius 1 is 1.53 bits per heavy atom. The molecule has 2 aliphatic rings. The Hall–Kier alpha value is -0.690. The molecule has 0 fully saturated rings. The van der Waals surface area contributed by atoms with Gasteiger partial charge in [0.15, 0.2) is 0 Å². The minimum absolute atomic E-state index is 0.242. The minimum Gasteiger partial charge on any atom is -0.480 e. The minimum atomic E-state index is -4.17. The molecule has 0 radical (unpaired) electrons. The first-order chi connectivity index (χ1) is 7.87. The van der Waals surface area contributed by atoms with Gasteiger partial charge in [-0.3, -0.25) is 4.79 Å². The molecule has 2 N–H and O–H groups in total. The number of allylic oxidation sites excluding steroid dienone is 1. The van der Waals surface area contributed by atoms with E-state index in [-0.39, 0.29) is 6.42 Å². The quantitative estimate of drug-likeness (QED) is 0.755. The number of hydrogen-bond donors (Lipinski definition) is 2. The molecule has 17 heavy (non-hydrogen) atoms. The second kappa shape index (κ2) is 4.53. The molecule has 2 atom stereocenters. The maximum Gasteiger partial charge on any atom is 0.389 e. The lowest BCUT2D eigenvalue weighted by molar-refractivity contribution is -0.145. The van der Waals surface area contributed by atoms with Crippen LogP contribution in [0.15, 0.2) is 10.5 Å². The van der Waals surface area contributed by atoms with Crippen molar-refractivity contribution in [1.29, 1.82) is 0 Å². The number of hydrogen-bond acceptors (Lipinski definition) is 3. The molecule has 0 aromatic heterocycles. The molecule has 0 aromatic carbocycles. The van der Waals surface area contributed by atoms with Crippen LogP contribution in [0, 0.1) is 5.92 Å². The van der Waals surface area contributed by atoms with E-state index in [0.717, 1.165) is 4.91 Å². The average Bonchev–Trinajstić information content (AvgIpc) is 2.57. The number of carbonyl (C=O) groups is 1. The fourth-order valence-corrected chi connectivity index (χ4v) is 3.38. The predicted molar refractivity (Wildman–Crippen MR) is 57.2 cm³/mol. The third-order valence-corrected chi connectivity index (χ3v) is 4.13. The summed E-state index contributed by atoms with van der Waals surface area (Å²) in [6.45, 7) is 0. The molecule has 96 valence electrons. The molecule has 2 unspecified atom stereocenters. The molecule has 1 aliphatic heterocycles. The van der Waals surface area contributed by atoms with Gasteiger partial charge in [-0.25, -0.2) is 4.72 Å². The van der Waals surface area contributed by atoms with Gasteiger partial charge in [-0.2, -0.15) is 13.2 Å². The van der Waals surface area contributed by atoms with Crippen molar-refractivity contribution in [2.24, 2.45) is 5.92 Å². The maximum atomic E-state index is 12.3. The molecule has 1 heterocycles. The van der Waals surface area contributed by atoms with Crippen LogP contribution in [0.4, 0.5) is 13.2 Å². The van der Waals surface area contributed by atoms with Crippen LogP contribution in [-0.2, 0) is 4.79 Å². The van der Waals surface area contributed by atoms with Crippen LogP contribution in [0.1, 0.15) is 25.7 Å². The number of carboxylic acid groups (broad SMARTS) is 1. The fraction of sp³-hybridized carbons (Fsp3) is 0.700. The highest BCUT2D eigenvalue weighted by molar-refractivity contribution is 8.01. The van der Waals surface area contributed by atoms with E-state index < -0.39 is 30.5 Å². The van der Waals surface area contributed by atoms with Gasteiger partial charge in [-0.1, -0.05) is 0 Å². The van der Waals surface area contributed by atoms with E-state index in [2.05, 4.69) is 4.72 Å². The van der Waals surface area contributed by atoms with Gasteiger partial charge >= 0.3 is 12.1 Å².